The second-order valence-electron chi connectivity index (χ2n) is 5.65. The van der Waals surface area contributed by atoms with Crippen molar-refractivity contribution in [2.75, 3.05) is 13.6 Å². The van der Waals surface area contributed by atoms with Gasteiger partial charge >= 0.3 is 0 Å². The van der Waals surface area contributed by atoms with Crippen LogP contribution in [0.3, 0.4) is 0 Å². The van der Waals surface area contributed by atoms with Crippen LogP contribution < -0.4 is 10.6 Å². The van der Waals surface area contributed by atoms with Gasteiger partial charge in [-0.1, -0.05) is 17.7 Å². The van der Waals surface area contributed by atoms with Gasteiger partial charge in [0.15, 0.2) is 5.96 Å². The number of benzene rings is 1. The van der Waals surface area contributed by atoms with Crippen molar-refractivity contribution in [2.24, 2.45) is 4.99 Å². The van der Waals surface area contributed by atoms with Gasteiger partial charge in [-0.3, -0.25) is 4.99 Å². The molecule has 0 bridgehead atoms. The van der Waals surface area contributed by atoms with Gasteiger partial charge in [-0.15, -0.1) is 24.0 Å². The Labute approximate surface area is 156 Å². The number of aryl methyl sites for hydroxylation is 3. The van der Waals surface area contributed by atoms with Crippen molar-refractivity contribution in [3.8, 4) is 0 Å². The average Bonchev–Trinajstić information content (AvgIpc) is 2.97. The molecule has 0 saturated carbocycles. The lowest BCUT2D eigenvalue weighted by molar-refractivity contribution is 0.665. The quantitative estimate of drug-likeness (QED) is 0.437. The minimum Gasteiger partial charge on any atom is -0.355 e. The predicted molar refractivity (Wildman–Crippen MR) is 109 cm³/mol. The zero-order valence-corrected chi connectivity index (χ0v) is 16.7. The molecular weight excluding hydrogens is 399 g/mol. The van der Waals surface area contributed by atoms with E-state index in [1.54, 1.807) is 7.05 Å². The molecule has 126 valence electrons. The molecule has 23 heavy (non-hydrogen) atoms. The van der Waals surface area contributed by atoms with Crippen LogP contribution in [-0.2, 0) is 13.1 Å². The fourth-order valence-corrected chi connectivity index (χ4v) is 2.70. The van der Waals surface area contributed by atoms with E-state index in [4.69, 9.17) is 0 Å². The van der Waals surface area contributed by atoms with Gasteiger partial charge in [0.25, 0.3) is 0 Å². The molecule has 0 unspecified atom stereocenters. The van der Waals surface area contributed by atoms with Crippen LogP contribution in [0, 0.1) is 20.8 Å². The molecule has 2 aromatic rings. The Kier molecular flexibility index (Phi) is 8.16. The van der Waals surface area contributed by atoms with Gasteiger partial charge in [0, 0.05) is 39.1 Å². The standard InChI is InChI=1S/C18H26N4.HI/c1-14-11-15(2)17(16(3)12-14)13-21-18(19-4)20-7-10-22-8-5-6-9-22;/h5-6,8-9,11-12H,7,10,13H2,1-4H3,(H2,19,20,21);1H. The van der Waals surface area contributed by atoms with E-state index in [1.165, 1.54) is 22.3 Å². The van der Waals surface area contributed by atoms with E-state index >= 15 is 0 Å². The summed E-state index contributed by atoms with van der Waals surface area (Å²) in [5.74, 6) is 0.839. The largest absolute Gasteiger partial charge is 0.355 e. The lowest BCUT2D eigenvalue weighted by atomic mass is 10.00. The zero-order chi connectivity index (χ0) is 15.9. The molecule has 0 amide bonds. The third kappa shape index (κ3) is 5.89. The summed E-state index contributed by atoms with van der Waals surface area (Å²) in [6.07, 6.45) is 4.13. The molecule has 0 atom stereocenters. The van der Waals surface area contributed by atoms with Crippen molar-refractivity contribution >= 4 is 29.9 Å². The first-order chi connectivity index (χ1) is 10.6. The monoisotopic (exact) mass is 426 g/mol. The summed E-state index contributed by atoms with van der Waals surface area (Å²) in [6.45, 7) is 9.04. The molecule has 2 rings (SSSR count). The SMILES string of the molecule is CN=C(NCCn1cccc1)NCc1c(C)cc(C)cc1C.I. The first-order valence-electron chi connectivity index (χ1n) is 7.72. The minimum absolute atomic E-state index is 0. The van der Waals surface area contributed by atoms with Crippen LogP contribution in [0.25, 0.3) is 0 Å². The van der Waals surface area contributed by atoms with Gasteiger partial charge in [-0.25, -0.2) is 0 Å². The third-order valence-electron chi connectivity index (χ3n) is 3.83. The van der Waals surface area contributed by atoms with Crippen molar-refractivity contribution < 1.29 is 0 Å². The predicted octanol–water partition coefficient (Wildman–Crippen LogP) is 3.40. The lowest BCUT2D eigenvalue weighted by Crippen LogP contribution is -2.38. The van der Waals surface area contributed by atoms with E-state index < -0.39 is 0 Å². The van der Waals surface area contributed by atoms with Crippen LogP contribution in [0.5, 0.6) is 0 Å². The highest BCUT2D eigenvalue weighted by molar-refractivity contribution is 14.0. The second kappa shape index (κ2) is 9.60. The van der Waals surface area contributed by atoms with E-state index in [-0.39, 0.29) is 24.0 Å². The van der Waals surface area contributed by atoms with Crippen molar-refractivity contribution in [3.63, 3.8) is 0 Å². The fraction of sp³-hybridized carbons (Fsp3) is 0.389. The van der Waals surface area contributed by atoms with E-state index in [0.717, 1.165) is 25.6 Å². The second-order valence-corrected chi connectivity index (χ2v) is 5.65. The molecule has 0 radical (unpaired) electrons. The number of hydrogen-bond donors (Lipinski definition) is 2. The molecule has 1 aromatic carbocycles. The summed E-state index contributed by atoms with van der Waals surface area (Å²) in [7, 11) is 1.81. The highest BCUT2D eigenvalue weighted by atomic mass is 127. The molecule has 0 aliphatic heterocycles. The number of nitrogens with zero attached hydrogens (tertiary/aromatic N) is 2. The number of hydrogen-bond acceptors (Lipinski definition) is 1. The van der Waals surface area contributed by atoms with Gasteiger partial charge < -0.3 is 15.2 Å². The molecule has 1 heterocycles. The number of guanidine groups is 1. The molecule has 0 saturated heterocycles. The summed E-state index contributed by atoms with van der Waals surface area (Å²) < 4.78 is 2.15. The maximum Gasteiger partial charge on any atom is 0.191 e. The Morgan fingerprint density at radius 3 is 2.22 bits per heavy atom. The Hall–Kier alpha value is -1.50. The normalized spacial score (nSPS) is 11.0. The summed E-state index contributed by atoms with van der Waals surface area (Å²) in [5, 5.41) is 6.74. The highest BCUT2D eigenvalue weighted by Crippen LogP contribution is 2.15. The van der Waals surface area contributed by atoms with E-state index in [9.17, 15) is 0 Å². The molecule has 0 spiro atoms. The molecule has 0 fully saturated rings. The Balaban J connectivity index is 0.00000264. The van der Waals surface area contributed by atoms with Gasteiger partial charge in [-0.2, -0.15) is 0 Å². The van der Waals surface area contributed by atoms with E-state index in [2.05, 4.69) is 65.5 Å². The van der Waals surface area contributed by atoms with E-state index in [1.807, 2.05) is 12.1 Å². The number of rotatable bonds is 5. The summed E-state index contributed by atoms with van der Waals surface area (Å²) in [6, 6.07) is 8.53. The van der Waals surface area contributed by atoms with Crippen molar-refractivity contribution in [2.45, 2.75) is 33.9 Å². The molecule has 5 heteroatoms. The smallest absolute Gasteiger partial charge is 0.191 e. The number of halogens is 1. The summed E-state index contributed by atoms with van der Waals surface area (Å²) in [4.78, 5) is 4.28. The van der Waals surface area contributed by atoms with Crippen LogP contribution in [-0.4, -0.2) is 24.1 Å². The number of aromatic nitrogens is 1. The molecule has 4 nitrogen and oxygen atoms in total. The van der Waals surface area contributed by atoms with Crippen molar-refractivity contribution in [1.82, 2.24) is 15.2 Å². The van der Waals surface area contributed by atoms with Crippen molar-refractivity contribution in [3.05, 3.63) is 58.9 Å². The fourth-order valence-electron chi connectivity index (χ4n) is 2.70. The minimum atomic E-state index is 0. The Morgan fingerprint density at radius 1 is 1.04 bits per heavy atom. The average molecular weight is 426 g/mol. The van der Waals surface area contributed by atoms with Crippen LogP contribution >= 0.6 is 24.0 Å². The van der Waals surface area contributed by atoms with Crippen LogP contribution in [0.2, 0.25) is 0 Å². The number of nitrogens with one attached hydrogen (secondary N) is 2. The topological polar surface area (TPSA) is 41.4 Å². The van der Waals surface area contributed by atoms with Gasteiger partial charge in [0.2, 0.25) is 0 Å². The highest BCUT2D eigenvalue weighted by Gasteiger charge is 2.05. The maximum absolute atomic E-state index is 4.28. The zero-order valence-electron chi connectivity index (χ0n) is 14.4. The maximum atomic E-state index is 4.28. The van der Waals surface area contributed by atoms with E-state index in [0.29, 0.717) is 0 Å². The van der Waals surface area contributed by atoms with Crippen LogP contribution in [0.15, 0.2) is 41.7 Å². The summed E-state index contributed by atoms with van der Waals surface area (Å²) in [5.41, 5.74) is 5.31. The first kappa shape index (κ1) is 19.5. The van der Waals surface area contributed by atoms with Crippen LogP contribution in [0.1, 0.15) is 22.3 Å². The third-order valence-corrected chi connectivity index (χ3v) is 3.83. The van der Waals surface area contributed by atoms with Gasteiger partial charge in [-0.05, 0) is 49.6 Å². The Morgan fingerprint density at radius 2 is 1.65 bits per heavy atom. The lowest BCUT2D eigenvalue weighted by Gasteiger charge is -2.15. The molecule has 0 aliphatic rings. The van der Waals surface area contributed by atoms with Crippen molar-refractivity contribution in [1.29, 1.82) is 0 Å². The molecular formula is C18H27IN4. The Bertz CT molecular complexity index is 609. The molecule has 2 N–H and O–H groups in total. The molecule has 0 aliphatic carbocycles. The van der Waals surface area contributed by atoms with Gasteiger partial charge in [0.05, 0.1) is 0 Å². The van der Waals surface area contributed by atoms with Crippen LogP contribution in [0.4, 0.5) is 0 Å². The number of aliphatic imine (C=N–C) groups is 1. The summed E-state index contributed by atoms with van der Waals surface area (Å²) >= 11 is 0. The van der Waals surface area contributed by atoms with Gasteiger partial charge in [0.1, 0.15) is 0 Å². The molecule has 1 aromatic heterocycles. The first-order valence-corrected chi connectivity index (χ1v) is 7.72.